The van der Waals surface area contributed by atoms with Crippen molar-refractivity contribution in [2.45, 2.75) is 18.9 Å². The van der Waals surface area contributed by atoms with Crippen molar-refractivity contribution < 1.29 is 9.18 Å². The van der Waals surface area contributed by atoms with Gasteiger partial charge in [0.15, 0.2) is 0 Å². The van der Waals surface area contributed by atoms with Gasteiger partial charge in [0.05, 0.1) is 5.56 Å². The van der Waals surface area contributed by atoms with E-state index in [2.05, 4.69) is 0 Å². The van der Waals surface area contributed by atoms with Crippen LogP contribution in [-0.2, 0) is 0 Å². The van der Waals surface area contributed by atoms with Crippen molar-refractivity contribution >= 4 is 11.6 Å². The van der Waals surface area contributed by atoms with Crippen molar-refractivity contribution in [1.29, 1.82) is 0 Å². The average Bonchev–Trinajstić information content (AvgIpc) is 3.03. The number of amides is 1. The molecule has 1 saturated carbocycles. The van der Waals surface area contributed by atoms with E-state index >= 15 is 0 Å². The minimum Gasteiger partial charge on any atom is -0.399 e. The molecule has 2 rings (SSSR count). The standard InChI is InChI=1S/C11H13FN2O/c1-14(8-3-4-8)11(15)9-6-7(13)2-5-10(9)12/h2,5-6,8H,3-4,13H2,1H3. The summed E-state index contributed by atoms with van der Waals surface area (Å²) in [5.74, 6) is -0.802. The van der Waals surface area contributed by atoms with Gasteiger partial charge in [-0.25, -0.2) is 4.39 Å². The zero-order valence-electron chi connectivity index (χ0n) is 8.53. The first kappa shape index (κ1) is 9.96. The van der Waals surface area contributed by atoms with Gasteiger partial charge in [-0.2, -0.15) is 0 Å². The minimum absolute atomic E-state index is 0.0596. The van der Waals surface area contributed by atoms with Crippen molar-refractivity contribution in [2.75, 3.05) is 12.8 Å². The lowest BCUT2D eigenvalue weighted by Gasteiger charge is -2.16. The van der Waals surface area contributed by atoms with E-state index in [9.17, 15) is 9.18 Å². The fourth-order valence-corrected chi connectivity index (χ4v) is 1.52. The number of nitrogens with zero attached hydrogens (tertiary/aromatic N) is 1. The number of carbonyl (C=O) groups is 1. The molecule has 1 aromatic rings. The van der Waals surface area contributed by atoms with Crippen LogP contribution in [0.1, 0.15) is 23.2 Å². The monoisotopic (exact) mass is 208 g/mol. The van der Waals surface area contributed by atoms with E-state index in [0.29, 0.717) is 5.69 Å². The summed E-state index contributed by atoms with van der Waals surface area (Å²) in [6.45, 7) is 0. The summed E-state index contributed by atoms with van der Waals surface area (Å²) in [6, 6.07) is 4.33. The third kappa shape index (κ3) is 1.93. The largest absolute Gasteiger partial charge is 0.399 e. The molecular weight excluding hydrogens is 195 g/mol. The third-order valence-electron chi connectivity index (χ3n) is 2.64. The molecule has 0 atom stereocenters. The first-order valence-corrected chi connectivity index (χ1v) is 4.92. The predicted octanol–water partition coefficient (Wildman–Crippen LogP) is 1.64. The molecule has 0 unspecified atom stereocenters. The Hall–Kier alpha value is -1.58. The summed E-state index contributed by atoms with van der Waals surface area (Å²) in [6.07, 6.45) is 2.01. The highest BCUT2D eigenvalue weighted by molar-refractivity contribution is 5.95. The zero-order valence-corrected chi connectivity index (χ0v) is 8.53. The van der Waals surface area contributed by atoms with Crippen LogP contribution >= 0.6 is 0 Å². The second-order valence-corrected chi connectivity index (χ2v) is 3.89. The molecular formula is C11H13FN2O. The molecule has 80 valence electrons. The number of nitrogens with two attached hydrogens (primary N) is 1. The lowest BCUT2D eigenvalue weighted by Crippen LogP contribution is -2.29. The molecule has 0 radical (unpaired) electrons. The van der Waals surface area contributed by atoms with E-state index in [1.807, 2.05) is 0 Å². The summed E-state index contributed by atoms with van der Waals surface area (Å²) in [5, 5.41) is 0. The Labute approximate surface area is 87.7 Å². The van der Waals surface area contributed by atoms with E-state index in [1.54, 1.807) is 11.9 Å². The van der Waals surface area contributed by atoms with Crippen LogP contribution in [-0.4, -0.2) is 23.9 Å². The quantitative estimate of drug-likeness (QED) is 0.751. The first-order chi connectivity index (χ1) is 7.09. The molecule has 3 nitrogen and oxygen atoms in total. The van der Waals surface area contributed by atoms with Crippen LogP contribution in [0.4, 0.5) is 10.1 Å². The fourth-order valence-electron chi connectivity index (χ4n) is 1.52. The first-order valence-electron chi connectivity index (χ1n) is 4.92. The highest BCUT2D eigenvalue weighted by Crippen LogP contribution is 2.27. The summed E-state index contributed by atoms with van der Waals surface area (Å²) < 4.78 is 13.4. The Morgan fingerprint density at radius 1 is 1.53 bits per heavy atom. The van der Waals surface area contributed by atoms with Gasteiger partial charge in [-0.15, -0.1) is 0 Å². The Morgan fingerprint density at radius 2 is 2.20 bits per heavy atom. The average molecular weight is 208 g/mol. The molecule has 0 aliphatic heterocycles. The summed E-state index contributed by atoms with van der Waals surface area (Å²) >= 11 is 0. The van der Waals surface area contributed by atoms with Crippen LogP contribution in [0.3, 0.4) is 0 Å². The Balaban J connectivity index is 2.27. The molecule has 0 spiro atoms. The molecule has 1 aliphatic carbocycles. The van der Waals surface area contributed by atoms with Crippen molar-refractivity contribution in [1.82, 2.24) is 4.90 Å². The Bertz CT molecular complexity index is 402. The molecule has 0 heterocycles. The SMILES string of the molecule is CN(C(=O)c1cc(N)ccc1F)C1CC1. The van der Waals surface area contributed by atoms with Gasteiger partial charge >= 0.3 is 0 Å². The Morgan fingerprint density at radius 3 is 2.80 bits per heavy atom. The van der Waals surface area contributed by atoms with Gasteiger partial charge in [0, 0.05) is 18.8 Å². The fraction of sp³-hybridized carbons (Fsp3) is 0.364. The molecule has 1 aliphatic rings. The van der Waals surface area contributed by atoms with Crippen LogP contribution in [0.5, 0.6) is 0 Å². The molecule has 0 bridgehead atoms. The van der Waals surface area contributed by atoms with E-state index in [0.717, 1.165) is 12.8 Å². The number of rotatable bonds is 2. The number of hydrogen-bond acceptors (Lipinski definition) is 2. The van der Waals surface area contributed by atoms with Crippen molar-refractivity contribution in [2.24, 2.45) is 0 Å². The van der Waals surface area contributed by atoms with Gasteiger partial charge in [-0.05, 0) is 31.0 Å². The van der Waals surface area contributed by atoms with Crippen molar-refractivity contribution in [3.63, 3.8) is 0 Å². The highest BCUT2D eigenvalue weighted by Gasteiger charge is 2.31. The number of carbonyl (C=O) groups excluding carboxylic acids is 1. The Kier molecular flexibility index (Phi) is 2.34. The molecule has 1 fully saturated rings. The van der Waals surface area contributed by atoms with Crippen LogP contribution in [0.2, 0.25) is 0 Å². The lowest BCUT2D eigenvalue weighted by atomic mass is 10.1. The second kappa shape index (κ2) is 3.53. The summed E-state index contributed by atoms with van der Waals surface area (Å²) in [7, 11) is 1.70. The van der Waals surface area contributed by atoms with E-state index in [-0.39, 0.29) is 17.5 Å². The van der Waals surface area contributed by atoms with Crippen molar-refractivity contribution in [3.05, 3.63) is 29.6 Å². The van der Waals surface area contributed by atoms with E-state index < -0.39 is 5.82 Å². The topological polar surface area (TPSA) is 46.3 Å². The number of halogens is 1. The molecule has 0 saturated heterocycles. The maximum Gasteiger partial charge on any atom is 0.256 e. The lowest BCUT2D eigenvalue weighted by molar-refractivity contribution is 0.0780. The molecule has 1 amide bonds. The van der Waals surface area contributed by atoms with E-state index in [1.165, 1.54) is 18.2 Å². The maximum absolute atomic E-state index is 13.4. The van der Waals surface area contributed by atoms with Crippen molar-refractivity contribution in [3.8, 4) is 0 Å². The van der Waals surface area contributed by atoms with Gasteiger partial charge < -0.3 is 10.6 Å². The third-order valence-corrected chi connectivity index (χ3v) is 2.64. The second-order valence-electron chi connectivity index (χ2n) is 3.89. The number of benzene rings is 1. The molecule has 4 heteroatoms. The zero-order chi connectivity index (χ0) is 11.0. The van der Waals surface area contributed by atoms with Gasteiger partial charge in [0.2, 0.25) is 0 Å². The molecule has 1 aromatic carbocycles. The smallest absolute Gasteiger partial charge is 0.256 e. The number of hydrogen-bond donors (Lipinski definition) is 1. The summed E-state index contributed by atoms with van der Waals surface area (Å²) in [4.78, 5) is 13.4. The van der Waals surface area contributed by atoms with Gasteiger partial charge in [-0.3, -0.25) is 4.79 Å². The van der Waals surface area contributed by atoms with Gasteiger partial charge in [0.1, 0.15) is 5.82 Å². The predicted molar refractivity (Wildman–Crippen MR) is 55.9 cm³/mol. The van der Waals surface area contributed by atoms with Gasteiger partial charge in [0.25, 0.3) is 5.91 Å². The van der Waals surface area contributed by atoms with Crippen LogP contribution in [0, 0.1) is 5.82 Å². The highest BCUT2D eigenvalue weighted by atomic mass is 19.1. The number of anilines is 1. The number of nitrogen functional groups attached to an aromatic ring is 1. The normalized spacial score (nSPS) is 15.1. The van der Waals surface area contributed by atoms with E-state index in [4.69, 9.17) is 5.73 Å². The molecule has 15 heavy (non-hydrogen) atoms. The minimum atomic E-state index is -0.512. The maximum atomic E-state index is 13.4. The van der Waals surface area contributed by atoms with Crippen LogP contribution in [0.25, 0.3) is 0 Å². The van der Waals surface area contributed by atoms with Crippen LogP contribution < -0.4 is 5.73 Å². The molecule has 2 N–H and O–H groups in total. The van der Waals surface area contributed by atoms with Gasteiger partial charge in [-0.1, -0.05) is 0 Å². The van der Waals surface area contributed by atoms with Crippen LogP contribution in [0.15, 0.2) is 18.2 Å². The summed E-state index contributed by atoms with van der Waals surface area (Å²) in [5.41, 5.74) is 5.99. The molecule has 0 aromatic heterocycles.